The third-order valence-electron chi connectivity index (χ3n) is 3.22. The molecule has 3 nitrogen and oxygen atoms in total. The molecule has 3 heteroatoms. The van der Waals surface area contributed by atoms with Crippen LogP contribution in [0.4, 0.5) is 0 Å². The topological polar surface area (TPSA) is 41.1 Å². The molecule has 0 radical (unpaired) electrons. The zero-order valence-corrected chi connectivity index (χ0v) is 10.7. The third kappa shape index (κ3) is 6.11. The van der Waals surface area contributed by atoms with Crippen molar-refractivity contribution in [2.45, 2.75) is 58.4 Å². The summed E-state index contributed by atoms with van der Waals surface area (Å²) < 4.78 is 0. The summed E-state index contributed by atoms with van der Waals surface area (Å²) in [5, 5.41) is 6.30. The summed E-state index contributed by atoms with van der Waals surface area (Å²) in [6.07, 6.45) is 7.26. The van der Waals surface area contributed by atoms with E-state index in [0.29, 0.717) is 12.5 Å². The maximum Gasteiger partial charge on any atom is 0.221 e. The minimum atomic E-state index is 0.193. The Kier molecular flexibility index (Phi) is 6.46. The molecule has 0 atom stereocenters. The van der Waals surface area contributed by atoms with E-state index in [4.69, 9.17) is 0 Å². The van der Waals surface area contributed by atoms with Gasteiger partial charge in [0.15, 0.2) is 0 Å². The number of carbonyl (C=O) groups is 1. The van der Waals surface area contributed by atoms with Crippen LogP contribution in [0.5, 0.6) is 0 Å². The number of rotatable bonds is 6. The van der Waals surface area contributed by atoms with Gasteiger partial charge >= 0.3 is 0 Å². The first-order valence-electron chi connectivity index (χ1n) is 6.68. The van der Waals surface area contributed by atoms with E-state index < -0.39 is 0 Å². The molecule has 0 heterocycles. The van der Waals surface area contributed by atoms with E-state index >= 15 is 0 Å². The Morgan fingerprint density at radius 1 is 1.25 bits per heavy atom. The summed E-state index contributed by atoms with van der Waals surface area (Å²) >= 11 is 0. The highest BCUT2D eigenvalue weighted by molar-refractivity contribution is 5.76. The Morgan fingerprint density at radius 3 is 2.56 bits per heavy atom. The zero-order valence-electron chi connectivity index (χ0n) is 10.7. The van der Waals surface area contributed by atoms with Gasteiger partial charge in [0.25, 0.3) is 0 Å². The highest BCUT2D eigenvalue weighted by Crippen LogP contribution is 2.22. The second-order valence-electron chi connectivity index (χ2n) is 5.17. The van der Waals surface area contributed by atoms with E-state index in [0.717, 1.165) is 19.0 Å². The van der Waals surface area contributed by atoms with E-state index in [-0.39, 0.29) is 5.91 Å². The number of nitrogens with one attached hydrogen (secondary N) is 2. The van der Waals surface area contributed by atoms with E-state index in [1.54, 1.807) is 0 Å². The van der Waals surface area contributed by atoms with E-state index in [1.165, 1.54) is 32.1 Å². The summed E-state index contributed by atoms with van der Waals surface area (Å²) in [5.74, 6) is 0.925. The first-order valence-corrected chi connectivity index (χ1v) is 6.68. The molecule has 0 bridgehead atoms. The van der Waals surface area contributed by atoms with Crippen molar-refractivity contribution in [3.8, 4) is 0 Å². The van der Waals surface area contributed by atoms with Gasteiger partial charge in [-0.3, -0.25) is 4.79 Å². The lowest BCUT2D eigenvalue weighted by Crippen LogP contribution is -2.33. The lowest BCUT2D eigenvalue weighted by atomic mass is 9.89. The second-order valence-corrected chi connectivity index (χ2v) is 5.17. The van der Waals surface area contributed by atoms with Crippen molar-refractivity contribution in [2.75, 3.05) is 13.1 Å². The van der Waals surface area contributed by atoms with Crippen LogP contribution in [0.25, 0.3) is 0 Å². The molecular formula is C13H26N2O. The van der Waals surface area contributed by atoms with Gasteiger partial charge in [-0.25, -0.2) is 0 Å². The monoisotopic (exact) mass is 226 g/mol. The quantitative estimate of drug-likeness (QED) is 0.728. The molecule has 1 rings (SSSR count). The molecule has 0 aromatic heterocycles. The Morgan fingerprint density at radius 2 is 1.94 bits per heavy atom. The Hall–Kier alpha value is -0.570. The highest BCUT2D eigenvalue weighted by Gasteiger charge is 2.13. The largest absolute Gasteiger partial charge is 0.356 e. The van der Waals surface area contributed by atoms with Crippen molar-refractivity contribution >= 4 is 5.91 Å². The summed E-state index contributed by atoms with van der Waals surface area (Å²) in [4.78, 5) is 11.5. The van der Waals surface area contributed by atoms with Crippen LogP contribution in [0.3, 0.4) is 0 Å². The van der Waals surface area contributed by atoms with Gasteiger partial charge in [0, 0.05) is 25.6 Å². The van der Waals surface area contributed by atoms with Crippen LogP contribution >= 0.6 is 0 Å². The molecule has 0 aromatic carbocycles. The maximum atomic E-state index is 11.5. The Bertz CT molecular complexity index is 198. The van der Waals surface area contributed by atoms with Gasteiger partial charge in [-0.15, -0.1) is 0 Å². The zero-order chi connectivity index (χ0) is 11.8. The first kappa shape index (κ1) is 13.5. The van der Waals surface area contributed by atoms with Crippen molar-refractivity contribution in [3.05, 3.63) is 0 Å². The fourth-order valence-corrected chi connectivity index (χ4v) is 2.21. The standard InChI is InChI=1S/C13H26N2O/c1-11(2)14-9-8-13(16)15-10-12-6-4-3-5-7-12/h11-12,14H,3-10H2,1-2H3,(H,15,16). The van der Waals surface area contributed by atoms with Crippen LogP contribution in [-0.4, -0.2) is 25.0 Å². The van der Waals surface area contributed by atoms with Crippen LogP contribution in [0.1, 0.15) is 52.4 Å². The highest BCUT2D eigenvalue weighted by atomic mass is 16.1. The first-order chi connectivity index (χ1) is 7.68. The van der Waals surface area contributed by atoms with Gasteiger partial charge in [0.05, 0.1) is 0 Å². The van der Waals surface area contributed by atoms with Gasteiger partial charge < -0.3 is 10.6 Å². The molecule has 1 saturated carbocycles. The molecule has 1 aliphatic carbocycles. The molecule has 0 saturated heterocycles. The minimum Gasteiger partial charge on any atom is -0.356 e. The van der Waals surface area contributed by atoms with Gasteiger partial charge in [-0.05, 0) is 18.8 Å². The predicted molar refractivity (Wildman–Crippen MR) is 67.3 cm³/mol. The number of carbonyl (C=O) groups excluding carboxylic acids is 1. The molecule has 16 heavy (non-hydrogen) atoms. The predicted octanol–water partition coefficient (Wildman–Crippen LogP) is 2.07. The van der Waals surface area contributed by atoms with Gasteiger partial charge in [0.1, 0.15) is 0 Å². The van der Waals surface area contributed by atoms with Crippen LogP contribution in [0, 0.1) is 5.92 Å². The minimum absolute atomic E-state index is 0.193. The second kappa shape index (κ2) is 7.66. The van der Waals surface area contributed by atoms with Crippen molar-refractivity contribution in [1.29, 1.82) is 0 Å². The fraction of sp³-hybridized carbons (Fsp3) is 0.923. The lowest BCUT2D eigenvalue weighted by Gasteiger charge is -2.21. The molecule has 0 spiro atoms. The molecular weight excluding hydrogens is 200 g/mol. The third-order valence-corrected chi connectivity index (χ3v) is 3.22. The van der Waals surface area contributed by atoms with Crippen molar-refractivity contribution < 1.29 is 4.79 Å². The van der Waals surface area contributed by atoms with E-state index in [2.05, 4.69) is 24.5 Å². The van der Waals surface area contributed by atoms with Crippen molar-refractivity contribution in [3.63, 3.8) is 0 Å². The maximum absolute atomic E-state index is 11.5. The Balaban J connectivity index is 2.00. The van der Waals surface area contributed by atoms with Gasteiger partial charge in [-0.2, -0.15) is 0 Å². The van der Waals surface area contributed by atoms with Crippen LogP contribution < -0.4 is 10.6 Å². The number of hydrogen-bond donors (Lipinski definition) is 2. The fourth-order valence-electron chi connectivity index (χ4n) is 2.21. The average Bonchev–Trinajstić information content (AvgIpc) is 2.27. The van der Waals surface area contributed by atoms with Gasteiger partial charge in [0.2, 0.25) is 5.91 Å². The molecule has 1 fully saturated rings. The molecule has 1 amide bonds. The van der Waals surface area contributed by atoms with Crippen LogP contribution in [0.2, 0.25) is 0 Å². The lowest BCUT2D eigenvalue weighted by molar-refractivity contribution is -0.121. The molecule has 2 N–H and O–H groups in total. The summed E-state index contributed by atoms with van der Waals surface area (Å²) in [6.45, 7) is 5.87. The number of hydrogen-bond acceptors (Lipinski definition) is 2. The molecule has 0 aliphatic heterocycles. The van der Waals surface area contributed by atoms with Crippen LogP contribution in [0.15, 0.2) is 0 Å². The number of amides is 1. The molecule has 0 aromatic rings. The molecule has 0 unspecified atom stereocenters. The average molecular weight is 226 g/mol. The summed E-state index contributed by atoms with van der Waals surface area (Å²) in [7, 11) is 0. The van der Waals surface area contributed by atoms with E-state index in [1.807, 2.05) is 0 Å². The van der Waals surface area contributed by atoms with Crippen LogP contribution in [-0.2, 0) is 4.79 Å². The summed E-state index contributed by atoms with van der Waals surface area (Å²) in [5.41, 5.74) is 0. The van der Waals surface area contributed by atoms with Crippen molar-refractivity contribution in [2.24, 2.45) is 5.92 Å². The molecule has 1 aliphatic rings. The smallest absolute Gasteiger partial charge is 0.221 e. The molecule has 94 valence electrons. The van der Waals surface area contributed by atoms with Crippen molar-refractivity contribution in [1.82, 2.24) is 10.6 Å². The van der Waals surface area contributed by atoms with Gasteiger partial charge in [-0.1, -0.05) is 33.1 Å². The Labute approximate surface area is 99.4 Å². The summed E-state index contributed by atoms with van der Waals surface area (Å²) in [6, 6.07) is 0.464. The SMILES string of the molecule is CC(C)NCCC(=O)NCC1CCCCC1. The normalized spacial score (nSPS) is 17.7. The van der Waals surface area contributed by atoms with E-state index in [9.17, 15) is 4.79 Å².